The van der Waals surface area contributed by atoms with E-state index in [2.05, 4.69) is 31.0 Å². The summed E-state index contributed by atoms with van der Waals surface area (Å²) in [5.41, 5.74) is 1.37. The van der Waals surface area contributed by atoms with Crippen molar-refractivity contribution in [1.82, 2.24) is 29.8 Å². The predicted molar refractivity (Wildman–Crippen MR) is 126 cm³/mol. The van der Waals surface area contributed by atoms with Crippen molar-refractivity contribution >= 4 is 17.6 Å². The normalized spacial score (nSPS) is 22.9. The van der Waals surface area contributed by atoms with E-state index in [4.69, 9.17) is 0 Å². The maximum Gasteiger partial charge on any atom is 0.278 e. The highest BCUT2D eigenvalue weighted by Crippen LogP contribution is 2.25. The highest BCUT2D eigenvalue weighted by molar-refractivity contribution is 5.93. The van der Waals surface area contributed by atoms with E-state index in [1.165, 1.54) is 19.3 Å². The largest absolute Gasteiger partial charge is 0.353 e. The SMILES string of the molecule is CC1=CCCN1C(=O)c1ccc(N2CCN(CC(=O)N3CCN(C4CCC4)CC3)CC2)nn1. The monoisotopic (exact) mass is 453 g/mol. The van der Waals surface area contributed by atoms with Crippen LogP contribution in [0.15, 0.2) is 23.9 Å². The zero-order valence-corrected chi connectivity index (χ0v) is 19.7. The highest BCUT2D eigenvalue weighted by atomic mass is 16.2. The molecule has 3 fully saturated rings. The zero-order chi connectivity index (χ0) is 22.8. The van der Waals surface area contributed by atoms with Crippen molar-refractivity contribution in [2.75, 3.05) is 70.3 Å². The maximum absolute atomic E-state index is 12.8. The quantitative estimate of drug-likeness (QED) is 0.660. The van der Waals surface area contributed by atoms with E-state index < -0.39 is 0 Å². The number of hydrogen-bond acceptors (Lipinski definition) is 7. The number of allylic oxidation sites excluding steroid dienone is 1. The molecule has 1 saturated carbocycles. The molecule has 3 aliphatic heterocycles. The predicted octanol–water partition coefficient (Wildman–Crippen LogP) is 1.05. The highest BCUT2D eigenvalue weighted by Gasteiger charge is 2.30. The second-order valence-electron chi connectivity index (χ2n) is 9.63. The van der Waals surface area contributed by atoms with Crippen molar-refractivity contribution in [3.05, 3.63) is 29.6 Å². The molecule has 0 bridgehead atoms. The van der Waals surface area contributed by atoms with Crippen molar-refractivity contribution < 1.29 is 9.59 Å². The molecule has 2 amide bonds. The van der Waals surface area contributed by atoms with E-state index in [0.29, 0.717) is 18.8 Å². The van der Waals surface area contributed by atoms with E-state index >= 15 is 0 Å². The lowest BCUT2D eigenvalue weighted by Gasteiger charge is -2.43. The summed E-state index contributed by atoms with van der Waals surface area (Å²) < 4.78 is 0. The minimum absolute atomic E-state index is 0.0860. The van der Waals surface area contributed by atoms with E-state index in [-0.39, 0.29) is 11.8 Å². The summed E-state index contributed by atoms with van der Waals surface area (Å²) >= 11 is 0. The molecule has 4 heterocycles. The molecule has 1 aliphatic carbocycles. The average molecular weight is 454 g/mol. The number of amides is 2. The van der Waals surface area contributed by atoms with Gasteiger partial charge in [-0.3, -0.25) is 19.4 Å². The fourth-order valence-corrected chi connectivity index (χ4v) is 5.21. The van der Waals surface area contributed by atoms with Gasteiger partial charge in [0, 0.05) is 70.6 Å². The summed E-state index contributed by atoms with van der Waals surface area (Å²) in [7, 11) is 0. The smallest absolute Gasteiger partial charge is 0.278 e. The Bertz CT molecular complexity index is 883. The molecule has 0 unspecified atom stereocenters. The molecule has 33 heavy (non-hydrogen) atoms. The van der Waals surface area contributed by atoms with E-state index in [1.54, 1.807) is 11.0 Å². The van der Waals surface area contributed by atoms with Gasteiger partial charge in [-0.25, -0.2) is 0 Å². The summed E-state index contributed by atoms with van der Waals surface area (Å²) in [4.78, 5) is 36.2. The van der Waals surface area contributed by atoms with Gasteiger partial charge < -0.3 is 14.7 Å². The van der Waals surface area contributed by atoms with Crippen LogP contribution in [-0.4, -0.2) is 113 Å². The van der Waals surface area contributed by atoms with Crippen LogP contribution in [0.1, 0.15) is 43.1 Å². The third-order valence-electron chi connectivity index (χ3n) is 7.65. The fourth-order valence-electron chi connectivity index (χ4n) is 5.21. The first-order chi connectivity index (χ1) is 16.1. The molecule has 9 nitrogen and oxygen atoms in total. The van der Waals surface area contributed by atoms with Crippen LogP contribution in [0.25, 0.3) is 0 Å². The summed E-state index contributed by atoms with van der Waals surface area (Å²) in [5, 5.41) is 8.52. The number of carbonyl (C=O) groups is 2. The molecule has 1 aromatic rings. The average Bonchev–Trinajstić information content (AvgIpc) is 3.24. The molecular weight excluding hydrogens is 418 g/mol. The molecule has 4 aliphatic rings. The standard InChI is InChI=1S/C24H35N7O2/c1-19-4-3-9-31(19)24(33)21-7-8-22(26-25-21)29-12-10-27(11-13-29)18-23(32)30-16-14-28(15-17-30)20-5-2-6-20/h4,7-8,20H,2-3,5-6,9-18H2,1H3. The third-order valence-corrected chi connectivity index (χ3v) is 7.65. The zero-order valence-electron chi connectivity index (χ0n) is 19.7. The lowest BCUT2D eigenvalue weighted by Crippen LogP contribution is -2.56. The topological polar surface area (TPSA) is 76.1 Å². The van der Waals surface area contributed by atoms with Crippen molar-refractivity contribution in [2.45, 2.75) is 38.6 Å². The fraction of sp³-hybridized carbons (Fsp3) is 0.667. The lowest BCUT2D eigenvalue weighted by atomic mass is 9.91. The Labute approximate surface area is 196 Å². The van der Waals surface area contributed by atoms with E-state index in [1.807, 2.05) is 17.9 Å². The van der Waals surface area contributed by atoms with Gasteiger partial charge in [0.2, 0.25) is 5.91 Å². The maximum atomic E-state index is 12.8. The summed E-state index contributed by atoms with van der Waals surface area (Å²) in [6.07, 6.45) is 6.99. The molecule has 1 aromatic heterocycles. The number of nitrogens with zero attached hydrogens (tertiary/aromatic N) is 7. The van der Waals surface area contributed by atoms with Crippen molar-refractivity contribution in [3.63, 3.8) is 0 Å². The Hall–Kier alpha value is -2.52. The molecular formula is C24H35N7O2. The van der Waals surface area contributed by atoms with Crippen LogP contribution >= 0.6 is 0 Å². The second-order valence-corrected chi connectivity index (χ2v) is 9.63. The van der Waals surface area contributed by atoms with Crippen LogP contribution in [-0.2, 0) is 4.79 Å². The minimum Gasteiger partial charge on any atom is -0.353 e. The Morgan fingerprint density at radius 2 is 1.70 bits per heavy atom. The molecule has 0 radical (unpaired) electrons. The van der Waals surface area contributed by atoms with Gasteiger partial charge in [-0.2, -0.15) is 0 Å². The van der Waals surface area contributed by atoms with E-state index in [9.17, 15) is 9.59 Å². The molecule has 9 heteroatoms. The third kappa shape index (κ3) is 4.89. The Morgan fingerprint density at radius 3 is 2.27 bits per heavy atom. The number of hydrogen-bond donors (Lipinski definition) is 0. The first-order valence-corrected chi connectivity index (χ1v) is 12.4. The molecule has 0 aromatic carbocycles. The van der Waals surface area contributed by atoms with Gasteiger partial charge in [-0.05, 0) is 38.3 Å². The van der Waals surface area contributed by atoms with Crippen LogP contribution < -0.4 is 4.90 Å². The Balaban J connectivity index is 1.07. The van der Waals surface area contributed by atoms with Gasteiger partial charge in [-0.1, -0.05) is 12.5 Å². The van der Waals surface area contributed by atoms with Crippen molar-refractivity contribution in [2.24, 2.45) is 0 Å². The van der Waals surface area contributed by atoms with Crippen LogP contribution in [0, 0.1) is 0 Å². The summed E-state index contributed by atoms with van der Waals surface area (Å²) in [6, 6.07) is 4.43. The first kappa shape index (κ1) is 22.3. The Kier molecular flexibility index (Phi) is 6.59. The van der Waals surface area contributed by atoms with Gasteiger partial charge in [0.15, 0.2) is 11.5 Å². The van der Waals surface area contributed by atoms with Crippen molar-refractivity contribution in [3.8, 4) is 0 Å². The van der Waals surface area contributed by atoms with Crippen LogP contribution in [0.5, 0.6) is 0 Å². The molecule has 0 atom stereocenters. The number of carbonyl (C=O) groups excluding carboxylic acids is 2. The van der Waals surface area contributed by atoms with Gasteiger partial charge >= 0.3 is 0 Å². The van der Waals surface area contributed by atoms with Crippen molar-refractivity contribution in [1.29, 1.82) is 0 Å². The molecule has 0 N–H and O–H groups in total. The van der Waals surface area contributed by atoms with Gasteiger partial charge in [0.1, 0.15) is 0 Å². The van der Waals surface area contributed by atoms with Gasteiger partial charge in [0.05, 0.1) is 6.54 Å². The summed E-state index contributed by atoms with van der Waals surface area (Å²) in [6.45, 7) is 10.2. The van der Waals surface area contributed by atoms with Gasteiger partial charge in [-0.15, -0.1) is 10.2 Å². The number of piperazine rings is 2. The minimum atomic E-state index is -0.0860. The number of anilines is 1. The molecule has 178 valence electrons. The number of rotatable bonds is 5. The Morgan fingerprint density at radius 1 is 0.939 bits per heavy atom. The van der Waals surface area contributed by atoms with Crippen LogP contribution in [0.3, 0.4) is 0 Å². The molecule has 2 saturated heterocycles. The van der Waals surface area contributed by atoms with Crippen LogP contribution in [0.4, 0.5) is 5.82 Å². The van der Waals surface area contributed by atoms with E-state index in [0.717, 1.165) is 76.3 Å². The lowest BCUT2D eigenvalue weighted by molar-refractivity contribution is -0.134. The first-order valence-electron chi connectivity index (χ1n) is 12.4. The second kappa shape index (κ2) is 9.77. The number of aromatic nitrogens is 2. The summed E-state index contributed by atoms with van der Waals surface area (Å²) in [5.74, 6) is 0.959. The van der Waals surface area contributed by atoms with Gasteiger partial charge in [0.25, 0.3) is 5.91 Å². The molecule has 5 rings (SSSR count). The van der Waals surface area contributed by atoms with Crippen LogP contribution in [0.2, 0.25) is 0 Å². The molecule has 0 spiro atoms.